The van der Waals surface area contributed by atoms with Crippen LogP contribution in [-0.4, -0.2) is 0 Å². The Kier molecular flexibility index (Phi) is 3.93. The summed E-state index contributed by atoms with van der Waals surface area (Å²) in [5.74, 6) is 2.02. The molecule has 1 nitrogen and oxygen atoms in total. The normalized spacial score (nSPS) is 13.2. The minimum Gasteiger partial charge on any atom is -0.468 e. The molecule has 0 saturated heterocycles. The van der Waals surface area contributed by atoms with Gasteiger partial charge in [-0.25, -0.2) is 0 Å². The van der Waals surface area contributed by atoms with E-state index in [2.05, 4.69) is 68.6 Å². The third-order valence-corrected chi connectivity index (χ3v) is 5.78. The monoisotopic (exact) mass is 334 g/mol. The van der Waals surface area contributed by atoms with E-state index < -0.39 is 0 Å². The second-order valence-corrected chi connectivity index (χ2v) is 7.88. The predicted octanol–water partition coefficient (Wildman–Crippen LogP) is 7.12. The van der Waals surface area contributed by atoms with Gasteiger partial charge in [0.05, 0.1) is 6.26 Å². The van der Waals surface area contributed by atoms with Gasteiger partial charge in [-0.1, -0.05) is 51.1 Å². The van der Waals surface area contributed by atoms with Crippen molar-refractivity contribution < 1.29 is 4.42 Å². The molecule has 0 saturated carbocycles. The zero-order valence-electron chi connectivity index (χ0n) is 14.4. The quantitative estimate of drug-likeness (QED) is 0.387. The highest BCUT2D eigenvalue weighted by atomic mass is 32.1. The third-order valence-electron chi connectivity index (χ3n) is 4.80. The Morgan fingerprint density at radius 2 is 1.83 bits per heavy atom. The molecule has 2 heteroatoms. The van der Waals surface area contributed by atoms with Crippen LogP contribution in [0.1, 0.15) is 49.5 Å². The summed E-state index contributed by atoms with van der Waals surface area (Å²) in [7, 11) is 0. The lowest BCUT2D eigenvalue weighted by Gasteiger charge is -2.11. The van der Waals surface area contributed by atoms with E-state index in [0.717, 1.165) is 12.2 Å². The minimum absolute atomic E-state index is 0.421. The topological polar surface area (TPSA) is 13.1 Å². The maximum Gasteiger partial charge on any atom is 0.114 e. The summed E-state index contributed by atoms with van der Waals surface area (Å²) in [5.41, 5.74) is 2.84. The van der Waals surface area contributed by atoms with Crippen LogP contribution in [0.2, 0.25) is 0 Å². The number of benzene rings is 2. The van der Waals surface area contributed by atoms with E-state index in [1.807, 2.05) is 17.6 Å². The van der Waals surface area contributed by atoms with Crippen molar-refractivity contribution in [3.05, 3.63) is 71.0 Å². The molecule has 122 valence electrons. The van der Waals surface area contributed by atoms with Crippen LogP contribution < -0.4 is 0 Å². The summed E-state index contributed by atoms with van der Waals surface area (Å²) in [5, 5.41) is 6.20. The van der Waals surface area contributed by atoms with Crippen molar-refractivity contribution in [3.8, 4) is 0 Å². The van der Waals surface area contributed by atoms with E-state index in [-0.39, 0.29) is 0 Å². The van der Waals surface area contributed by atoms with Crippen molar-refractivity contribution in [2.45, 2.75) is 39.0 Å². The fraction of sp³-hybridized carbons (Fsp3) is 0.273. The minimum atomic E-state index is 0.421. The first-order valence-electron chi connectivity index (χ1n) is 8.59. The molecule has 2 aromatic carbocycles. The highest BCUT2D eigenvalue weighted by Crippen LogP contribution is 2.34. The van der Waals surface area contributed by atoms with Gasteiger partial charge in [-0.05, 0) is 46.4 Å². The molecule has 0 aliphatic heterocycles. The molecule has 24 heavy (non-hydrogen) atoms. The molecule has 1 atom stereocenters. The molecule has 0 radical (unpaired) electrons. The Labute approximate surface area is 146 Å². The first-order chi connectivity index (χ1) is 11.6. The van der Waals surface area contributed by atoms with Gasteiger partial charge >= 0.3 is 0 Å². The molecule has 0 N–H and O–H groups in total. The Morgan fingerprint density at radius 3 is 2.67 bits per heavy atom. The summed E-state index contributed by atoms with van der Waals surface area (Å²) in [6, 6.07) is 15.5. The van der Waals surface area contributed by atoms with Crippen LogP contribution in [0.15, 0.2) is 58.5 Å². The van der Waals surface area contributed by atoms with E-state index in [9.17, 15) is 0 Å². The number of thiophene rings is 1. The predicted molar refractivity (Wildman–Crippen MR) is 104 cm³/mol. The standard InChI is InChI=1S/C22H22OS/c1-14(2)22-18-9-8-16(11-17(18)12-23-22)10-15(3)20-13-24-21-7-5-4-6-19(20)21/h4-9,11-15H,10H2,1-3H3. The van der Waals surface area contributed by atoms with Crippen molar-refractivity contribution >= 4 is 32.2 Å². The first kappa shape index (κ1) is 15.5. The van der Waals surface area contributed by atoms with E-state index in [4.69, 9.17) is 4.42 Å². The zero-order valence-corrected chi connectivity index (χ0v) is 15.2. The van der Waals surface area contributed by atoms with Gasteiger partial charge in [-0.3, -0.25) is 0 Å². The average molecular weight is 334 g/mol. The van der Waals surface area contributed by atoms with Crippen molar-refractivity contribution in [2.75, 3.05) is 0 Å². The van der Waals surface area contributed by atoms with Gasteiger partial charge in [0, 0.05) is 21.4 Å². The molecule has 4 aromatic rings. The molecular weight excluding hydrogens is 312 g/mol. The van der Waals surface area contributed by atoms with E-state index in [1.165, 1.54) is 32.0 Å². The Morgan fingerprint density at radius 1 is 1.00 bits per heavy atom. The molecule has 0 fully saturated rings. The number of fused-ring (bicyclic) bond motifs is 2. The lowest BCUT2D eigenvalue weighted by molar-refractivity contribution is 0.492. The van der Waals surface area contributed by atoms with Crippen LogP contribution in [-0.2, 0) is 6.42 Å². The molecule has 2 aromatic heterocycles. The summed E-state index contributed by atoms with van der Waals surface area (Å²) in [6.45, 7) is 6.68. The van der Waals surface area contributed by atoms with Crippen LogP contribution in [0.3, 0.4) is 0 Å². The summed E-state index contributed by atoms with van der Waals surface area (Å²) in [4.78, 5) is 0. The van der Waals surface area contributed by atoms with Crippen LogP contribution in [0.4, 0.5) is 0 Å². The smallest absolute Gasteiger partial charge is 0.114 e. The van der Waals surface area contributed by atoms with Gasteiger partial charge in [0.25, 0.3) is 0 Å². The summed E-state index contributed by atoms with van der Waals surface area (Å²) in [6.07, 6.45) is 2.96. The summed E-state index contributed by atoms with van der Waals surface area (Å²) < 4.78 is 7.15. The molecule has 0 bridgehead atoms. The molecule has 0 aliphatic rings. The Balaban J connectivity index is 1.64. The first-order valence-corrected chi connectivity index (χ1v) is 9.47. The molecule has 0 amide bonds. The SMILES string of the molecule is CC(C)c1occ2cc(CC(C)c3csc4ccccc34)ccc12. The van der Waals surface area contributed by atoms with Crippen molar-refractivity contribution in [3.63, 3.8) is 0 Å². The van der Waals surface area contributed by atoms with Crippen molar-refractivity contribution in [1.29, 1.82) is 0 Å². The Hall–Kier alpha value is -2.06. The van der Waals surface area contributed by atoms with E-state index in [1.54, 1.807) is 0 Å². The van der Waals surface area contributed by atoms with Crippen LogP contribution >= 0.6 is 11.3 Å². The number of hydrogen-bond acceptors (Lipinski definition) is 2. The number of rotatable bonds is 4. The van der Waals surface area contributed by atoms with Crippen LogP contribution in [0.5, 0.6) is 0 Å². The van der Waals surface area contributed by atoms with Gasteiger partial charge in [-0.2, -0.15) is 0 Å². The summed E-state index contributed by atoms with van der Waals surface area (Å²) >= 11 is 1.85. The van der Waals surface area contributed by atoms with Crippen molar-refractivity contribution in [1.82, 2.24) is 0 Å². The number of hydrogen-bond donors (Lipinski definition) is 0. The van der Waals surface area contributed by atoms with Crippen LogP contribution in [0, 0.1) is 0 Å². The largest absolute Gasteiger partial charge is 0.468 e. The van der Waals surface area contributed by atoms with Gasteiger partial charge in [0.2, 0.25) is 0 Å². The fourth-order valence-corrected chi connectivity index (χ4v) is 4.63. The lowest BCUT2D eigenvalue weighted by atomic mass is 9.92. The van der Waals surface area contributed by atoms with Gasteiger partial charge in [-0.15, -0.1) is 11.3 Å². The fourth-order valence-electron chi connectivity index (χ4n) is 3.54. The van der Waals surface area contributed by atoms with Gasteiger partial charge in [0.1, 0.15) is 5.76 Å². The average Bonchev–Trinajstić information content (AvgIpc) is 3.18. The highest BCUT2D eigenvalue weighted by molar-refractivity contribution is 7.17. The second kappa shape index (κ2) is 6.10. The second-order valence-electron chi connectivity index (χ2n) is 6.97. The molecule has 4 rings (SSSR count). The van der Waals surface area contributed by atoms with E-state index >= 15 is 0 Å². The highest BCUT2D eigenvalue weighted by Gasteiger charge is 2.14. The molecule has 1 unspecified atom stereocenters. The van der Waals surface area contributed by atoms with Gasteiger partial charge in [0.15, 0.2) is 0 Å². The van der Waals surface area contributed by atoms with Gasteiger partial charge < -0.3 is 4.42 Å². The van der Waals surface area contributed by atoms with Crippen LogP contribution in [0.25, 0.3) is 20.9 Å². The Bertz CT molecular complexity index is 989. The zero-order chi connectivity index (χ0) is 16.7. The molecule has 0 aliphatic carbocycles. The maximum absolute atomic E-state index is 5.77. The van der Waals surface area contributed by atoms with E-state index in [0.29, 0.717) is 11.8 Å². The third kappa shape index (κ3) is 2.65. The lowest BCUT2D eigenvalue weighted by Crippen LogP contribution is -1.97. The molecule has 2 heterocycles. The maximum atomic E-state index is 5.77. The molecular formula is C22H22OS. The van der Waals surface area contributed by atoms with Crippen molar-refractivity contribution in [2.24, 2.45) is 0 Å². The molecule has 0 spiro atoms. The number of furan rings is 1.